The zero-order valence-corrected chi connectivity index (χ0v) is 11.2. The average Bonchev–Trinajstić information content (AvgIpc) is 2.91. The van der Waals surface area contributed by atoms with Crippen LogP contribution in [0, 0.1) is 16.7 Å². The lowest BCUT2D eigenvalue weighted by Gasteiger charge is -2.39. The molecule has 0 saturated heterocycles. The molecule has 2 bridgehead atoms. The zero-order valence-electron chi connectivity index (χ0n) is 11.2. The third kappa shape index (κ3) is 1.50. The molecule has 0 amide bonds. The third-order valence-corrected chi connectivity index (χ3v) is 6.00. The Morgan fingerprint density at radius 3 is 2.76 bits per heavy atom. The van der Waals surface area contributed by atoms with Crippen molar-refractivity contribution in [2.45, 2.75) is 52.6 Å². The highest BCUT2D eigenvalue weighted by molar-refractivity contribution is 5.13. The predicted molar refractivity (Wildman–Crippen MR) is 70.6 cm³/mol. The van der Waals surface area contributed by atoms with Crippen LogP contribution in [0.1, 0.15) is 45.7 Å². The number of nitrogens with one attached hydrogen (secondary N) is 2. The summed E-state index contributed by atoms with van der Waals surface area (Å²) in [6, 6.07) is 4.93. The summed E-state index contributed by atoms with van der Waals surface area (Å²) in [5, 5.41) is 3.78. The van der Waals surface area contributed by atoms with Gasteiger partial charge in [-0.25, -0.2) is 0 Å². The molecule has 2 N–H and O–H groups in total. The first kappa shape index (κ1) is 11.3. The monoisotopic (exact) mass is 232 g/mol. The smallest absolute Gasteiger partial charge is 0.0359 e. The summed E-state index contributed by atoms with van der Waals surface area (Å²) in [6.45, 7) is 8.42. The van der Waals surface area contributed by atoms with Crippen LogP contribution in [-0.4, -0.2) is 11.0 Å². The van der Waals surface area contributed by atoms with Crippen molar-refractivity contribution in [3.63, 3.8) is 0 Å². The SMILES string of the molecule is CC1(C)C2CCC1(C)C(NCc1ccc[nH]1)C2. The van der Waals surface area contributed by atoms with Crippen LogP contribution in [0.3, 0.4) is 0 Å². The van der Waals surface area contributed by atoms with Crippen molar-refractivity contribution in [3.05, 3.63) is 24.0 Å². The second-order valence-corrected chi connectivity index (χ2v) is 6.74. The van der Waals surface area contributed by atoms with E-state index in [4.69, 9.17) is 0 Å². The number of hydrogen-bond donors (Lipinski definition) is 2. The second-order valence-electron chi connectivity index (χ2n) is 6.74. The Labute approximate surface area is 104 Å². The van der Waals surface area contributed by atoms with Crippen LogP contribution in [-0.2, 0) is 6.54 Å². The van der Waals surface area contributed by atoms with Gasteiger partial charge in [-0.05, 0) is 48.1 Å². The van der Waals surface area contributed by atoms with Crippen molar-refractivity contribution in [1.82, 2.24) is 10.3 Å². The minimum Gasteiger partial charge on any atom is -0.364 e. The third-order valence-electron chi connectivity index (χ3n) is 6.00. The van der Waals surface area contributed by atoms with Gasteiger partial charge in [-0.2, -0.15) is 0 Å². The highest BCUT2D eigenvalue weighted by Gasteiger charge is 2.60. The van der Waals surface area contributed by atoms with Crippen LogP contribution < -0.4 is 5.32 Å². The van der Waals surface area contributed by atoms with Gasteiger partial charge in [-0.1, -0.05) is 20.8 Å². The predicted octanol–water partition coefficient (Wildman–Crippen LogP) is 3.32. The van der Waals surface area contributed by atoms with Gasteiger partial charge in [0.05, 0.1) is 0 Å². The minimum absolute atomic E-state index is 0.490. The molecule has 2 nitrogen and oxygen atoms in total. The van der Waals surface area contributed by atoms with Crippen molar-refractivity contribution in [2.24, 2.45) is 16.7 Å². The molecule has 0 aliphatic heterocycles. The van der Waals surface area contributed by atoms with Crippen molar-refractivity contribution in [3.8, 4) is 0 Å². The van der Waals surface area contributed by atoms with Gasteiger partial charge in [-0.15, -0.1) is 0 Å². The van der Waals surface area contributed by atoms with E-state index in [2.05, 4.69) is 43.2 Å². The molecule has 2 saturated carbocycles. The molecule has 17 heavy (non-hydrogen) atoms. The molecule has 1 aromatic heterocycles. The summed E-state index contributed by atoms with van der Waals surface area (Å²) in [7, 11) is 0. The highest BCUT2D eigenvalue weighted by atomic mass is 15.0. The molecular weight excluding hydrogens is 208 g/mol. The lowest BCUT2D eigenvalue weighted by Crippen LogP contribution is -2.44. The fraction of sp³-hybridized carbons (Fsp3) is 0.733. The fourth-order valence-electron chi connectivity index (χ4n) is 4.22. The minimum atomic E-state index is 0.490. The Morgan fingerprint density at radius 2 is 2.24 bits per heavy atom. The Kier molecular flexibility index (Phi) is 2.41. The van der Waals surface area contributed by atoms with Gasteiger partial charge in [0.15, 0.2) is 0 Å². The molecule has 2 heteroatoms. The van der Waals surface area contributed by atoms with E-state index in [0.29, 0.717) is 16.9 Å². The van der Waals surface area contributed by atoms with E-state index >= 15 is 0 Å². The summed E-state index contributed by atoms with van der Waals surface area (Å²) < 4.78 is 0. The van der Waals surface area contributed by atoms with Gasteiger partial charge in [0.25, 0.3) is 0 Å². The van der Waals surface area contributed by atoms with E-state index in [1.807, 2.05) is 6.20 Å². The topological polar surface area (TPSA) is 27.8 Å². The van der Waals surface area contributed by atoms with Crippen LogP contribution in [0.5, 0.6) is 0 Å². The van der Waals surface area contributed by atoms with Gasteiger partial charge >= 0.3 is 0 Å². The quantitative estimate of drug-likeness (QED) is 0.822. The van der Waals surface area contributed by atoms with Crippen LogP contribution in [0.25, 0.3) is 0 Å². The largest absolute Gasteiger partial charge is 0.364 e. The maximum Gasteiger partial charge on any atom is 0.0359 e. The Balaban J connectivity index is 1.70. The van der Waals surface area contributed by atoms with E-state index in [1.165, 1.54) is 25.0 Å². The van der Waals surface area contributed by atoms with Gasteiger partial charge in [0, 0.05) is 24.5 Å². The van der Waals surface area contributed by atoms with Crippen molar-refractivity contribution in [1.29, 1.82) is 0 Å². The molecule has 1 heterocycles. The summed E-state index contributed by atoms with van der Waals surface area (Å²) in [4.78, 5) is 3.28. The normalized spacial score (nSPS) is 38.8. The molecule has 2 fully saturated rings. The van der Waals surface area contributed by atoms with Gasteiger partial charge in [0.1, 0.15) is 0 Å². The molecular formula is C15H24N2. The Hall–Kier alpha value is -0.760. The molecule has 3 atom stereocenters. The van der Waals surface area contributed by atoms with Crippen molar-refractivity contribution < 1.29 is 0 Å². The maximum atomic E-state index is 3.78. The van der Waals surface area contributed by atoms with Gasteiger partial charge < -0.3 is 10.3 Å². The van der Waals surface area contributed by atoms with Gasteiger partial charge in [0.2, 0.25) is 0 Å². The first-order valence-electron chi connectivity index (χ1n) is 6.90. The summed E-state index contributed by atoms with van der Waals surface area (Å²) in [6.07, 6.45) is 6.20. The van der Waals surface area contributed by atoms with Crippen LogP contribution in [0.2, 0.25) is 0 Å². The first-order chi connectivity index (χ1) is 8.04. The number of H-pyrrole nitrogens is 1. The standard InChI is InChI=1S/C15H24N2/c1-14(2)11-6-7-15(14,3)13(9-11)17-10-12-5-4-8-16-12/h4-5,8,11,13,16-17H,6-7,9-10H2,1-3H3. The lowest BCUT2D eigenvalue weighted by molar-refractivity contribution is 0.120. The summed E-state index contributed by atoms with van der Waals surface area (Å²) >= 11 is 0. The number of hydrogen-bond acceptors (Lipinski definition) is 1. The molecule has 3 rings (SSSR count). The highest BCUT2D eigenvalue weighted by Crippen LogP contribution is 2.65. The van der Waals surface area contributed by atoms with Crippen molar-refractivity contribution >= 4 is 0 Å². The molecule has 0 aromatic carbocycles. The molecule has 0 radical (unpaired) electrons. The average molecular weight is 232 g/mol. The number of aromatic amines is 1. The van der Waals surface area contributed by atoms with Crippen LogP contribution in [0.4, 0.5) is 0 Å². The maximum absolute atomic E-state index is 3.78. The molecule has 3 unspecified atom stereocenters. The van der Waals surface area contributed by atoms with E-state index in [0.717, 1.165) is 12.5 Å². The zero-order chi connectivity index (χ0) is 12.1. The van der Waals surface area contributed by atoms with Crippen LogP contribution >= 0.6 is 0 Å². The Bertz CT molecular complexity index is 393. The van der Waals surface area contributed by atoms with Crippen LogP contribution in [0.15, 0.2) is 18.3 Å². The van der Waals surface area contributed by atoms with E-state index in [9.17, 15) is 0 Å². The van der Waals surface area contributed by atoms with E-state index < -0.39 is 0 Å². The second kappa shape index (κ2) is 3.61. The number of rotatable bonds is 3. The molecule has 2 aliphatic carbocycles. The van der Waals surface area contributed by atoms with Gasteiger partial charge in [-0.3, -0.25) is 0 Å². The van der Waals surface area contributed by atoms with E-state index in [1.54, 1.807) is 0 Å². The van der Waals surface area contributed by atoms with E-state index in [-0.39, 0.29) is 0 Å². The summed E-state index contributed by atoms with van der Waals surface area (Å²) in [5.74, 6) is 0.925. The Morgan fingerprint density at radius 1 is 1.41 bits per heavy atom. The molecule has 0 spiro atoms. The number of fused-ring (bicyclic) bond motifs is 2. The summed E-state index contributed by atoms with van der Waals surface area (Å²) in [5.41, 5.74) is 2.30. The molecule has 94 valence electrons. The number of aromatic nitrogens is 1. The lowest BCUT2D eigenvalue weighted by atomic mass is 9.69. The molecule has 2 aliphatic rings. The first-order valence-corrected chi connectivity index (χ1v) is 6.90. The van der Waals surface area contributed by atoms with Crippen molar-refractivity contribution in [2.75, 3.05) is 0 Å². The molecule has 1 aromatic rings. The fourth-order valence-corrected chi connectivity index (χ4v) is 4.22.